The van der Waals surface area contributed by atoms with Crippen LogP contribution in [0.2, 0.25) is 0 Å². The first kappa shape index (κ1) is 9.16. The largest absolute Gasteiger partial charge is 0.352 e. The van der Waals surface area contributed by atoms with Crippen molar-refractivity contribution in [3.8, 4) is 0 Å². The molecule has 3 nitrogen and oxygen atoms in total. The summed E-state index contributed by atoms with van der Waals surface area (Å²) in [7, 11) is 1.65. The van der Waals surface area contributed by atoms with Crippen LogP contribution in [0.4, 0.5) is 0 Å². The van der Waals surface area contributed by atoms with Crippen molar-refractivity contribution in [3.05, 3.63) is 0 Å². The van der Waals surface area contributed by atoms with Gasteiger partial charge in [-0.1, -0.05) is 0 Å². The quantitative estimate of drug-likeness (QED) is 0.652. The Labute approximate surface area is 78.4 Å². The van der Waals surface area contributed by atoms with Gasteiger partial charge < -0.3 is 9.47 Å². The van der Waals surface area contributed by atoms with Crippen LogP contribution in [0, 0.1) is 5.41 Å². The van der Waals surface area contributed by atoms with E-state index in [1.807, 2.05) is 0 Å². The molecule has 0 aromatic carbocycles. The van der Waals surface area contributed by atoms with E-state index in [1.54, 1.807) is 14.0 Å². The van der Waals surface area contributed by atoms with E-state index >= 15 is 0 Å². The number of ketones is 1. The molecule has 74 valence electrons. The van der Waals surface area contributed by atoms with Crippen molar-refractivity contribution in [1.29, 1.82) is 0 Å². The van der Waals surface area contributed by atoms with Gasteiger partial charge in [0.25, 0.3) is 0 Å². The predicted octanol–water partition coefficient (Wildman–Crippen LogP) is 1.51. The summed E-state index contributed by atoms with van der Waals surface area (Å²) in [5, 5.41) is 0. The summed E-state index contributed by atoms with van der Waals surface area (Å²) in [6.45, 7) is 2.32. The van der Waals surface area contributed by atoms with E-state index in [-0.39, 0.29) is 11.2 Å². The summed E-state index contributed by atoms with van der Waals surface area (Å²) >= 11 is 0. The van der Waals surface area contributed by atoms with Crippen LogP contribution < -0.4 is 0 Å². The Morgan fingerprint density at radius 2 is 2.15 bits per heavy atom. The monoisotopic (exact) mass is 184 g/mol. The van der Waals surface area contributed by atoms with Crippen LogP contribution in [0.25, 0.3) is 0 Å². The lowest BCUT2D eigenvalue weighted by Crippen LogP contribution is -2.46. The maximum absolute atomic E-state index is 11.7. The number of rotatable bonds is 2. The Kier molecular flexibility index (Phi) is 1.96. The minimum atomic E-state index is -0.584. The van der Waals surface area contributed by atoms with E-state index in [0.29, 0.717) is 6.61 Å². The van der Waals surface area contributed by atoms with E-state index < -0.39 is 5.79 Å². The molecule has 1 aliphatic carbocycles. The Balaban J connectivity index is 2.39. The molecule has 3 heteroatoms. The van der Waals surface area contributed by atoms with E-state index in [9.17, 15) is 4.79 Å². The predicted molar refractivity (Wildman–Crippen MR) is 47.3 cm³/mol. The van der Waals surface area contributed by atoms with Crippen LogP contribution in [-0.2, 0) is 14.3 Å². The zero-order valence-corrected chi connectivity index (χ0v) is 8.26. The first-order valence-electron chi connectivity index (χ1n) is 4.87. The third-order valence-corrected chi connectivity index (χ3v) is 3.71. The highest BCUT2D eigenvalue weighted by molar-refractivity contribution is 5.84. The van der Waals surface area contributed by atoms with Gasteiger partial charge in [0.1, 0.15) is 5.78 Å². The molecule has 0 radical (unpaired) electrons. The minimum Gasteiger partial charge on any atom is -0.352 e. The molecule has 0 amide bonds. The van der Waals surface area contributed by atoms with Gasteiger partial charge in [-0.2, -0.15) is 0 Å². The van der Waals surface area contributed by atoms with E-state index in [0.717, 1.165) is 25.7 Å². The van der Waals surface area contributed by atoms with E-state index in [1.165, 1.54) is 0 Å². The normalized spacial score (nSPS) is 43.5. The number of hydrogen-bond acceptors (Lipinski definition) is 3. The van der Waals surface area contributed by atoms with E-state index in [2.05, 4.69) is 0 Å². The molecule has 2 rings (SSSR count). The van der Waals surface area contributed by atoms with Gasteiger partial charge in [-0.3, -0.25) is 4.79 Å². The van der Waals surface area contributed by atoms with Gasteiger partial charge in [0.2, 0.25) is 0 Å². The third kappa shape index (κ3) is 0.945. The van der Waals surface area contributed by atoms with Crippen LogP contribution in [0.3, 0.4) is 0 Å². The zero-order chi connectivity index (χ0) is 9.53. The second-order valence-corrected chi connectivity index (χ2v) is 4.05. The van der Waals surface area contributed by atoms with Crippen molar-refractivity contribution < 1.29 is 14.3 Å². The van der Waals surface area contributed by atoms with Crippen molar-refractivity contribution in [1.82, 2.24) is 0 Å². The molecule has 0 bridgehead atoms. The molecule has 2 atom stereocenters. The summed E-state index contributed by atoms with van der Waals surface area (Å²) in [4.78, 5) is 11.7. The van der Waals surface area contributed by atoms with Crippen LogP contribution in [0.1, 0.15) is 32.6 Å². The summed E-state index contributed by atoms with van der Waals surface area (Å²) in [6.07, 6.45) is 3.66. The first-order valence-corrected chi connectivity index (χ1v) is 4.87. The maximum Gasteiger partial charge on any atom is 0.180 e. The zero-order valence-electron chi connectivity index (χ0n) is 8.26. The molecule has 1 heterocycles. The molecule has 2 unspecified atom stereocenters. The van der Waals surface area contributed by atoms with Gasteiger partial charge in [0.05, 0.1) is 12.0 Å². The van der Waals surface area contributed by atoms with Crippen molar-refractivity contribution in [2.45, 2.75) is 38.4 Å². The average Bonchev–Trinajstić information content (AvgIpc) is 2.57. The number of ether oxygens (including phenoxy) is 2. The van der Waals surface area contributed by atoms with E-state index in [4.69, 9.17) is 9.47 Å². The molecule has 0 N–H and O–H groups in total. The highest BCUT2D eigenvalue weighted by atomic mass is 16.7. The van der Waals surface area contributed by atoms with Crippen molar-refractivity contribution in [2.24, 2.45) is 5.41 Å². The maximum atomic E-state index is 11.7. The highest BCUT2D eigenvalue weighted by Gasteiger charge is 2.62. The Morgan fingerprint density at radius 1 is 1.38 bits per heavy atom. The highest BCUT2D eigenvalue weighted by Crippen LogP contribution is 2.56. The summed E-state index contributed by atoms with van der Waals surface area (Å²) in [6, 6.07) is 0. The molecule has 1 aliphatic heterocycles. The first-order chi connectivity index (χ1) is 6.17. The van der Waals surface area contributed by atoms with Gasteiger partial charge in [0.15, 0.2) is 5.79 Å². The second-order valence-electron chi connectivity index (χ2n) is 4.05. The SMILES string of the molecule is COC12CCCC1(C(C)=O)CCO2. The second kappa shape index (κ2) is 2.79. The standard InChI is InChI=1S/C10H16O3/c1-8(11)9-4-3-5-10(9,12-2)13-7-6-9/h3-7H2,1-2H3. The lowest BCUT2D eigenvalue weighted by molar-refractivity contribution is -0.228. The van der Waals surface area contributed by atoms with Gasteiger partial charge >= 0.3 is 0 Å². The van der Waals surface area contributed by atoms with Gasteiger partial charge in [-0.05, 0) is 26.2 Å². The molecule has 0 aromatic heterocycles. The molecule has 13 heavy (non-hydrogen) atoms. The fraction of sp³-hybridized carbons (Fsp3) is 0.900. The number of carbonyl (C=O) groups excluding carboxylic acids is 1. The molecular formula is C10H16O3. The Morgan fingerprint density at radius 3 is 2.69 bits per heavy atom. The fourth-order valence-electron chi connectivity index (χ4n) is 2.95. The number of Topliss-reactive ketones (excluding diaryl/α,β-unsaturated/α-hetero) is 1. The molecule has 1 saturated carbocycles. The van der Waals surface area contributed by atoms with Crippen LogP contribution in [0.5, 0.6) is 0 Å². The number of carbonyl (C=O) groups is 1. The van der Waals surface area contributed by atoms with Gasteiger partial charge in [-0.15, -0.1) is 0 Å². The smallest absolute Gasteiger partial charge is 0.180 e. The number of fused-ring (bicyclic) bond motifs is 1. The number of methoxy groups -OCH3 is 1. The van der Waals surface area contributed by atoms with Crippen molar-refractivity contribution in [3.63, 3.8) is 0 Å². The molecule has 0 spiro atoms. The molecule has 2 aliphatic rings. The Bertz CT molecular complexity index is 224. The van der Waals surface area contributed by atoms with Crippen LogP contribution in [-0.4, -0.2) is 25.3 Å². The average molecular weight is 184 g/mol. The molecule has 1 saturated heterocycles. The number of hydrogen-bond donors (Lipinski definition) is 0. The lowest BCUT2D eigenvalue weighted by Gasteiger charge is -2.35. The lowest BCUT2D eigenvalue weighted by atomic mass is 9.77. The molecular weight excluding hydrogens is 168 g/mol. The van der Waals surface area contributed by atoms with Crippen LogP contribution in [0.15, 0.2) is 0 Å². The minimum absolute atomic E-state index is 0.226. The van der Waals surface area contributed by atoms with Crippen molar-refractivity contribution >= 4 is 5.78 Å². The summed E-state index contributed by atoms with van der Waals surface area (Å²) in [5.74, 6) is -0.358. The van der Waals surface area contributed by atoms with Gasteiger partial charge in [0, 0.05) is 13.5 Å². The Hall–Kier alpha value is -0.410. The van der Waals surface area contributed by atoms with Gasteiger partial charge in [-0.25, -0.2) is 0 Å². The molecule has 0 aromatic rings. The molecule has 2 fully saturated rings. The van der Waals surface area contributed by atoms with Crippen LogP contribution >= 0.6 is 0 Å². The van der Waals surface area contributed by atoms with Crippen molar-refractivity contribution in [2.75, 3.05) is 13.7 Å². The topological polar surface area (TPSA) is 35.5 Å². The fourth-order valence-corrected chi connectivity index (χ4v) is 2.95. The third-order valence-electron chi connectivity index (χ3n) is 3.71. The summed E-state index contributed by atoms with van der Waals surface area (Å²) in [5.41, 5.74) is -0.332. The summed E-state index contributed by atoms with van der Waals surface area (Å²) < 4.78 is 11.1.